The van der Waals surface area contributed by atoms with Crippen molar-refractivity contribution < 1.29 is 0 Å². The Morgan fingerprint density at radius 3 is 2.42 bits per heavy atom. The summed E-state index contributed by atoms with van der Waals surface area (Å²) >= 11 is 0. The molecule has 3 atom stereocenters. The van der Waals surface area contributed by atoms with Crippen LogP contribution in [0.1, 0.15) is 60.3 Å². The van der Waals surface area contributed by atoms with E-state index in [0.717, 1.165) is 25.6 Å². The zero-order valence-electron chi connectivity index (χ0n) is 13.6. The van der Waals surface area contributed by atoms with Crippen molar-refractivity contribution in [3.8, 4) is 0 Å². The minimum atomic E-state index is 0.545. The quantitative estimate of drug-likeness (QED) is 0.725. The first kappa shape index (κ1) is 16.3. The molecule has 112 valence electrons. The van der Waals surface area contributed by atoms with Gasteiger partial charge in [0.1, 0.15) is 0 Å². The van der Waals surface area contributed by atoms with Crippen LogP contribution in [-0.4, -0.2) is 41.4 Å². The molecule has 1 N–H and O–H groups in total. The second-order valence-electron chi connectivity index (χ2n) is 6.24. The van der Waals surface area contributed by atoms with Gasteiger partial charge in [0.25, 0.3) is 0 Å². The van der Waals surface area contributed by atoms with E-state index in [-0.39, 0.29) is 0 Å². The number of nitrogens with one attached hydrogen (secondary N) is 1. The molecule has 3 heteroatoms. The van der Waals surface area contributed by atoms with Gasteiger partial charge < -0.3 is 9.80 Å². The Labute approximate surface area is 119 Å². The van der Waals surface area contributed by atoms with E-state index in [1.807, 2.05) is 0 Å². The molecular formula is C16H33N3. The van der Waals surface area contributed by atoms with Crippen LogP contribution in [0.15, 0.2) is 0 Å². The zero-order valence-corrected chi connectivity index (χ0v) is 13.6. The molecule has 1 rings (SSSR count). The number of nitrogens with zero attached hydrogens (tertiary/aromatic N) is 2. The van der Waals surface area contributed by atoms with Crippen molar-refractivity contribution in [1.29, 1.82) is 5.41 Å². The zero-order chi connectivity index (χ0) is 14.4. The van der Waals surface area contributed by atoms with Crippen molar-refractivity contribution >= 4 is 5.96 Å². The van der Waals surface area contributed by atoms with Gasteiger partial charge in [-0.3, -0.25) is 5.41 Å². The van der Waals surface area contributed by atoms with Gasteiger partial charge in [-0.25, -0.2) is 0 Å². The summed E-state index contributed by atoms with van der Waals surface area (Å²) in [5.41, 5.74) is 0. The monoisotopic (exact) mass is 267 g/mol. The van der Waals surface area contributed by atoms with Crippen molar-refractivity contribution in [2.75, 3.05) is 19.6 Å². The van der Waals surface area contributed by atoms with Gasteiger partial charge in [0.05, 0.1) is 6.04 Å². The van der Waals surface area contributed by atoms with Crippen molar-refractivity contribution in [2.24, 2.45) is 11.8 Å². The summed E-state index contributed by atoms with van der Waals surface area (Å²) in [6.45, 7) is 14.5. The van der Waals surface area contributed by atoms with E-state index in [4.69, 9.17) is 5.41 Å². The fourth-order valence-corrected chi connectivity index (χ4v) is 2.74. The van der Waals surface area contributed by atoms with Gasteiger partial charge in [0.2, 0.25) is 0 Å². The predicted octanol–water partition coefficient (Wildman–Crippen LogP) is 3.80. The summed E-state index contributed by atoms with van der Waals surface area (Å²) < 4.78 is 0. The van der Waals surface area contributed by atoms with E-state index in [1.165, 1.54) is 25.7 Å². The molecule has 19 heavy (non-hydrogen) atoms. The third-order valence-corrected chi connectivity index (χ3v) is 4.67. The van der Waals surface area contributed by atoms with Gasteiger partial charge in [-0.2, -0.15) is 0 Å². The number of hydrogen-bond acceptors (Lipinski definition) is 1. The summed E-state index contributed by atoms with van der Waals surface area (Å²) in [6, 6.07) is 0.545. The molecule has 1 aliphatic rings. The molecule has 0 saturated carbocycles. The van der Waals surface area contributed by atoms with Crippen LogP contribution in [0.5, 0.6) is 0 Å². The Balaban J connectivity index is 2.73. The van der Waals surface area contributed by atoms with Gasteiger partial charge in [-0.1, -0.05) is 53.9 Å². The highest BCUT2D eigenvalue weighted by atomic mass is 15.4. The van der Waals surface area contributed by atoms with Gasteiger partial charge in [0, 0.05) is 19.6 Å². The maximum atomic E-state index is 8.46. The second-order valence-corrected chi connectivity index (χ2v) is 6.24. The molecule has 0 bridgehead atoms. The fraction of sp³-hybridized carbons (Fsp3) is 0.938. The van der Waals surface area contributed by atoms with E-state index in [0.29, 0.717) is 17.9 Å². The molecule has 0 spiro atoms. The van der Waals surface area contributed by atoms with E-state index in [9.17, 15) is 0 Å². The van der Waals surface area contributed by atoms with Crippen molar-refractivity contribution in [2.45, 2.75) is 66.3 Å². The molecular weight excluding hydrogens is 234 g/mol. The average Bonchev–Trinajstić information content (AvgIpc) is 2.72. The number of hydrogen-bond donors (Lipinski definition) is 1. The normalized spacial score (nSPS) is 23.0. The molecule has 3 nitrogen and oxygen atoms in total. The third-order valence-electron chi connectivity index (χ3n) is 4.67. The van der Waals surface area contributed by atoms with Crippen molar-refractivity contribution in [3.63, 3.8) is 0 Å². The van der Waals surface area contributed by atoms with E-state index >= 15 is 0 Å². The molecule has 0 aromatic heterocycles. The Morgan fingerprint density at radius 1 is 1.21 bits per heavy atom. The van der Waals surface area contributed by atoms with Crippen LogP contribution in [0.2, 0.25) is 0 Å². The van der Waals surface area contributed by atoms with E-state index in [1.54, 1.807) is 0 Å². The van der Waals surface area contributed by atoms with Crippen molar-refractivity contribution in [1.82, 2.24) is 9.80 Å². The predicted molar refractivity (Wildman–Crippen MR) is 83.6 cm³/mol. The van der Waals surface area contributed by atoms with Crippen LogP contribution in [0.3, 0.4) is 0 Å². The molecule has 0 aromatic carbocycles. The molecule has 0 radical (unpaired) electrons. The molecule has 1 heterocycles. The molecule has 0 aliphatic carbocycles. The van der Waals surface area contributed by atoms with E-state index in [2.05, 4.69) is 44.4 Å². The number of guanidine groups is 1. The second kappa shape index (κ2) is 7.76. The Kier molecular flexibility index (Phi) is 6.67. The van der Waals surface area contributed by atoms with E-state index < -0.39 is 0 Å². The molecule has 1 aliphatic heterocycles. The molecule has 0 aromatic rings. The smallest absolute Gasteiger partial charge is 0.194 e. The summed E-state index contributed by atoms with van der Waals surface area (Å²) in [7, 11) is 0. The maximum Gasteiger partial charge on any atom is 0.194 e. The van der Waals surface area contributed by atoms with Crippen LogP contribution >= 0.6 is 0 Å². The first-order chi connectivity index (χ1) is 9.04. The Bertz CT molecular complexity index is 277. The van der Waals surface area contributed by atoms with Crippen LogP contribution in [0, 0.1) is 17.2 Å². The molecule has 1 fully saturated rings. The largest absolute Gasteiger partial charge is 0.341 e. The topological polar surface area (TPSA) is 30.3 Å². The highest BCUT2D eigenvalue weighted by molar-refractivity contribution is 5.79. The summed E-state index contributed by atoms with van der Waals surface area (Å²) in [4.78, 5) is 4.67. The highest BCUT2D eigenvalue weighted by Crippen LogP contribution is 2.25. The van der Waals surface area contributed by atoms with Crippen LogP contribution in [0.4, 0.5) is 0 Å². The highest BCUT2D eigenvalue weighted by Gasteiger charge is 2.36. The van der Waals surface area contributed by atoms with Crippen LogP contribution < -0.4 is 0 Å². The van der Waals surface area contributed by atoms with Gasteiger partial charge in [0.15, 0.2) is 5.96 Å². The minimum absolute atomic E-state index is 0.545. The molecule has 3 unspecified atom stereocenters. The summed E-state index contributed by atoms with van der Waals surface area (Å²) in [6.07, 6.45) is 4.82. The average molecular weight is 267 g/mol. The first-order valence-electron chi connectivity index (χ1n) is 8.15. The number of rotatable bonds is 8. The van der Waals surface area contributed by atoms with Crippen LogP contribution in [-0.2, 0) is 0 Å². The SMILES string of the molecule is CCCCN1CC(C(C)CC)N(CC(C)CC)C1=N. The fourth-order valence-electron chi connectivity index (χ4n) is 2.74. The maximum absolute atomic E-state index is 8.46. The summed E-state index contributed by atoms with van der Waals surface area (Å²) in [5.74, 6) is 2.13. The lowest BCUT2D eigenvalue weighted by Crippen LogP contribution is -2.41. The lowest BCUT2D eigenvalue weighted by Gasteiger charge is -2.31. The lowest BCUT2D eigenvalue weighted by molar-refractivity contribution is 0.230. The van der Waals surface area contributed by atoms with Gasteiger partial charge in [-0.15, -0.1) is 0 Å². The Morgan fingerprint density at radius 2 is 1.89 bits per heavy atom. The molecule has 1 saturated heterocycles. The number of unbranched alkanes of at least 4 members (excludes halogenated alkanes) is 1. The van der Waals surface area contributed by atoms with Gasteiger partial charge >= 0.3 is 0 Å². The summed E-state index contributed by atoms with van der Waals surface area (Å²) in [5, 5.41) is 8.46. The van der Waals surface area contributed by atoms with Crippen LogP contribution in [0.25, 0.3) is 0 Å². The van der Waals surface area contributed by atoms with Crippen molar-refractivity contribution in [3.05, 3.63) is 0 Å². The molecule has 0 amide bonds. The minimum Gasteiger partial charge on any atom is -0.341 e. The lowest BCUT2D eigenvalue weighted by atomic mass is 9.97. The first-order valence-corrected chi connectivity index (χ1v) is 8.15. The van der Waals surface area contributed by atoms with Gasteiger partial charge in [-0.05, 0) is 18.3 Å². The standard InChI is InChI=1S/C16H33N3/c1-6-9-10-18-12-15(14(5)8-3)19(16(18)17)11-13(4)7-2/h13-15,17H,6-12H2,1-5H3. The Hall–Kier alpha value is -0.730. The third kappa shape index (κ3) is 4.12.